The average Bonchev–Trinajstić information content (AvgIpc) is 2.15. The van der Waals surface area contributed by atoms with E-state index >= 15 is 0 Å². The number of ether oxygens (including phenoxy) is 2. The fourth-order valence-electron chi connectivity index (χ4n) is 0.994. The van der Waals surface area contributed by atoms with Crippen LogP contribution in [0.25, 0.3) is 0 Å². The number of hydrogen-bond donors (Lipinski definition) is 0. The van der Waals surface area contributed by atoms with Gasteiger partial charge in [0.05, 0.1) is 18.2 Å². The van der Waals surface area contributed by atoms with Crippen LogP contribution in [-0.4, -0.2) is 13.7 Å². The van der Waals surface area contributed by atoms with E-state index in [0.717, 1.165) is 22.4 Å². The lowest BCUT2D eigenvalue weighted by Crippen LogP contribution is -1.98. The van der Waals surface area contributed by atoms with Crippen molar-refractivity contribution in [2.45, 2.75) is 13.3 Å². The van der Waals surface area contributed by atoms with E-state index in [0.29, 0.717) is 6.61 Å². The van der Waals surface area contributed by atoms with Crippen LogP contribution in [0.15, 0.2) is 22.7 Å². The summed E-state index contributed by atoms with van der Waals surface area (Å²) < 4.78 is 11.6. The molecule has 1 aromatic carbocycles. The molecule has 0 unspecified atom stereocenters. The molecule has 0 spiro atoms. The van der Waals surface area contributed by atoms with E-state index in [1.165, 1.54) is 0 Å². The van der Waals surface area contributed by atoms with E-state index in [1.807, 2.05) is 18.2 Å². The Labute approximate surface area is 87.0 Å². The molecule has 0 aromatic heterocycles. The Morgan fingerprint density at radius 2 is 2.15 bits per heavy atom. The Morgan fingerprint density at radius 1 is 1.38 bits per heavy atom. The molecule has 13 heavy (non-hydrogen) atoms. The van der Waals surface area contributed by atoms with E-state index < -0.39 is 0 Å². The minimum atomic E-state index is 0.707. The van der Waals surface area contributed by atoms with Crippen molar-refractivity contribution in [3.05, 3.63) is 22.7 Å². The van der Waals surface area contributed by atoms with Crippen molar-refractivity contribution >= 4 is 15.9 Å². The third-order valence-corrected chi connectivity index (χ3v) is 2.23. The first-order chi connectivity index (χ1) is 6.29. The summed E-state index contributed by atoms with van der Waals surface area (Å²) in [5.74, 6) is 1.55. The van der Waals surface area contributed by atoms with Crippen LogP contribution in [0.5, 0.6) is 11.5 Å². The summed E-state index contributed by atoms with van der Waals surface area (Å²) in [5.41, 5.74) is 0. The fourth-order valence-corrected chi connectivity index (χ4v) is 1.46. The molecule has 72 valence electrons. The first-order valence-corrected chi connectivity index (χ1v) is 5.04. The van der Waals surface area contributed by atoms with Crippen LogP contribution >= 0.6 is 15.9 Å². The van der Waals surface area contributed by atoms with Crippen LogP contribution in [-0.2, 0) is 0 Å². The molecule has 0 saturated carbocycles. The van der Waals surface area contributed by atoms with Crippen molar-refractivity contribution in [2.24, 2.45) is 0 Å². The summed E-state index contributed by atoms with van der Waals surface area (Å²) in [6.45, 7) is 2.78. The number of halogens is 1. The number of rotatable bonds is 4. The van der Waals surface area contributed by atoms with Gasteiger partial charge in [0.1, 0.15) is 0 Å². The number of para-hydroxylation sites is 1. The zero-order valence-electron chi connectivity index (χ0n) is 7.84. The highest BCUT2D eigenvalue weighted by Gasteiger charge is 2.07. The second-order valence-electron chi connectivity index (χ2n) is 2.62. The molecule has 0 heterocycles. The average molecular weight is 245 g/mol. The normalized spacial score (nSPS) is 9.77. The minimum absolute atomic E-state index is 0.707. The zero-order valence-corrected chi connectivity index (χ0v) is 9.43. The van der Waals surface area contributed by atoms with Crippen LogP contribution in [0.3, 0.4) is 0 Å². The van der Waals surface area contributed by atoms with Gasteiger partial charge in [-0.3, -0.25) is 0 Å². The third kappa shape index (κ3) is 2.62. The van der Waals surface area contributed by atoms with Crippen molar-refractivity contribution in [3.63, 3.8) is 0 Å². The molecule has 1 aromatic rings. The Kier molecular flexibility index (Phi) is 4.09. The first-order valence-electron chi connectivity index (χ1n) is 4.25. The molecule has 0 atom stereocenters. The molecule has 0 aliphatic carbocycles. The Balaban J connectivity index is 2.87. The van der Waals surface area contributed by atoms with Gasteiger partial charge in [-0.25, -0.2) is 0 Å². The molecule has 3 heteroatoms. The zero-order chi connectivity index (χ0) is 9.68. The van der Waals surface area contributed by atoms with Gasteiger partial charge in [0, 0.05) is 0 Å². The molecule has 1 rings (SSSR count). The molecule has 0 aliphatic heterocycles. The summed E-state index contributed by atoms with van der Waals surface area (Å²) in [4.78, 5) is 0. The predicted octanol–water partition coefficient (Wildman–Crippen LogP) is 3.25. The van der Waals surface area contributed by atoms with Crippen molar-refractivity contribution in [1.82, 2.24) is 0 Å². The fraction of sp³-hybridized carbons (Fsp3) is 0.400. The highest BCUT2D eigenvalue weighted by atomic mass is 79.9. The van der Waals surface area contributed by atoms with Gasteiger partial charge in [-0.05, 0) is 34.5 Å². The first kappa shape index (κ1) is 10.4. The van der Waals surface area contributed by atoms with Crippen LogP contribution in [0.2, 0.25) is 0 Å². The molecular weight excluding hydrogens is 232 g/mol. The van der Waals surface area contributed by atoms with E-state index in [1.54, 1.807) is 7.11 Å². The number of methoxy groups -OCH3 is 1. The van der Waals surface area contributed by atoms with Crippen molar-refractivity contribution in [2.75, 3.05) is 13.7 Å². The lowest BCUT2D eigenvalue weighted by atomic mass is 10.3. The van der Waals surface area contributed by atoms with Crippen molar-refractivity contribution in [3.8, 4) is 11.5 Å². The van der Waals surface area contributed by atoms with Gasteiger partial charge in [-0.15, -0.1) is 0 Å². The Hall–Kier alpha value is -0.700. The van der Waals surface area contributed by atoms with E-state index in [9.17, 15) is 0 Å². The quantitative estimate of drug-likeness (QED) is 0.810. The molecule has 0 aliphatic rings. The molecule has 0 fully saturated rings. The van der Waals surface area contributed by atoms with Gasteiger partial charge in [-0.1, -0.05) is 13.0 Å². The molecule has 0 amide bonds. The van der Waals surface area contributed by atoms with Crippen LogP contribution in [0.4, 0.5) is 0 Å². The third-order valence-electron chi connectivity index (χ3n) is 1.60. The van der Waals surface area contributed by atoms with Gasteiger partial charge in [-0.2, -0.15) is 0 Å². The maximum atomic E-state index is 5.54. The highest BCUT2D eigenvalue weighted by molar-refractivity contribution is 9.10. The van der Waals surface area contributed by atoms with Gasteiger partial charge >= 0.3 is 0 Å². The Bertz CT molecular complexity index is 274. The van der Waals surface area contributed by atoms with E-state index in [2.05, 4.69) is 22.9 Å². The highest BCUT2D eigenvalue weighted by Crippen LogP contribution is 2.34. The van der Waals surface area contributed by atoms with E-state index in [4.69, 9.17) is 9.47 Å². The molecule has 0 saturated heterocycles. The predicted molar refractivity (Wildman–Crippen MR) is 56.5 cm³/mol. The van der Waals surface area contributed by atoms with Crippen molar-refractivity contribution < 1.29 is 9.47 Å². The van der Waals surface area contributed by atoms with Crippen LogP contribution < -0.4 is 9.47 Å². The van der Waals surface area contributed by atoms with Crippen LogP contribution in [0.1, 0.15) is 13.3 Å². The van der Waals surface area contributed by atoms with Gasteiger partial charge in [0.25, 0.3) is 0 Å². The monoisotopic (exact) mass is 244 g/mol. The van der Waals surface area contributed by atoms with Gasteiger partial charge in [0.15, 0.2) is 11.5 Å². The Morgan fingerprint density at radius 3 is 2.77 bits per heavy atom. The minimum Gasteiger partial charge on any atom is -0.493 e. The van der Waals surface area contributed by atoms with E-state index in [-0.39, 0.29) is 0 Å². The summed E-state index contributed by atoms with van der Waals surface area (Å²) in [7, 11) is 1.64. The summed E-state index contributed by atoms with van der Waals surface area (Å²) in [5, 5.41) is 0. The molecule has 2 nitrogen and oxygen atoms in total. The maximum absolute atomic E-state index is 5.54. The van der Waals surface area contributed by atoms with Gasteiger partial charge < -0.3 is 9.47 Å². The topological polar surface area (TPSA) is 18.5 Å². The van der Waals surface area contributed by atoms with Crippen LogP contribution in [0, 0.1) is 0 Å². The number of hydrogen-bond acceptors (Lipinski definition) is 2. The second-order valence-corrected chi connectivity index (χ2v) is 3.47. The maximum Gasteiger partial charge on any atom is 0.175 e. The number of benzene rings is 1. The summed E-state index contributed by atoms with van der Waals surface area (Å²) >= 11 is 3.41. The molecule has 0 N–H and O–H groups in total. The summed E-state index contributed by atoms with van der Waals surface area (Å²) in [6, 6.07) is 5.74. The smallest absolute Gasteiger partial charge is 0.175 e. The summed E-state index contributed by atoms with van der Waals surface area (Å²) in [6.07, 6.45) is 0.991. The van der Waals surface area contributed by atoms with Crippen molar-refractivity contribution in [1.29, 1.82) is 0 Å². The molecule has 0 bridgehead atoms. The SMILES string of the molecule is CCCOc1c(Br)cccc1OC. The lowest BCUT2D eigenvalue weighted by Gasteiger charge is -2.10. The largest absolute Gasteiger partial charge is 0.493 e. The lowest BCUT2D eigenvalue weighted by molar-refractivity contribution is 0.292. The second kappa shape index (κ2) is 5.12. The molecular formula is C10H13BrO2. The molecule has 0 radical (unpaired) electrons. The standard InChI is InChI=1S/C10H13BrO2/c1-3-7-13-10-8(11)5-4-6-9(10)12-2/h4-6H,3,7H2,1-2H3. The van der Waals surface area contributed by atoms with Gasteiger partial charge in [0.2, 0.25) is 0 Å².